The number of rotatable bonds is 8. The Kier molecular flexibility index (Phi) is 10.2. The Morgan fingerprint density at radius 1 is 1.00 bits per heavy atom. The van der Waals surface area contributed by atoms with E-state index in [0.717, 1.165) is 5.92 Å². The van der Waals surface area contributed by atoms with Gasteiger partial charge in [0.1, 0.15) is 0 Å². The summed E-state index contributed by atoms with van der Waals surface area (Å²) in [7, 11) is 0. The first-order valence-electron chi connectivity index (χ1n) is 6.75. The van der Waals surface area contributed by atoms with Crippen LogP contribution in [0.1, 0.15) is 59.8 Å². The van der Waals surface area contributed by atoms with Crippen molar-refractivity contribution in [2.45, 2.75) is 59.8 Å². The molecule has 0 heterocycles. The van der Waals surface area contributed by atoms with Crippen LogP contribution in [0.5, 0.6) is 0 Å². The largest absolute Gasteiger partial charge is 0.0877 e. The van der Waals surface area contributed by atoms with Gasteiger partial charge < -0.3 is 0 Å². The molecule has 0 saturated carbocycles. The van der Waals surface area contributed by atoms with E-state index in [1.165, 1.54) is 37.7 Å². The van der Waals surface area contributed by atoms with Gasteiger partial charge in [0.2, 0.25) is 0 Å². The Morgan fingerprint density at radius 2 is 1.75 bits per heavy atom. The summed E-state index contributed by atoms with van der Waals surface area (Å²) >= 11 is 0. The molecule has 0 aliphatic heterocycles. The molecule has 16 heavy (non-hydrogen) atoms. The molecule has 0 radical (unpaired) electrons. The van der Waals surface area contributed by atoms with Gasteiger partial charge in [-0.3, -0.25) is 0 Å². The summed E-state index contributed by atoms with van der Waals surface area (Å²) in [5.74, 6) is 0.748. The molecule has 0 bridgehead atoms. The monoisotopic (exact) mass is 220 g/mol. The smallest absolute Gasteiger partial charge is 0.0162 e. The molecule has 1 unspecified atom stereocenters. The van der Waals surface area contributed by atoms with Gasteiger partial charge in [-0.25, -0.2) is 0 Å². The number of hydrogen-bond acceptors (Lipinski definition) is 0. The molecular weight excluding hydrogens is 192 g/mol. The van der Waals surface area contributed by atoms with Crippen molar-refractivity contribution in [3.63, 3.8) is 0 Å². The minimum atomic E-state index is 0.748. The zero-order valence-electron chi connectivity index (χ0n) is 11.5. The maximum atomic E-state index is 2.28. The third-order valence-corrected chi connectivity index (χ3v) is 2.85. The summed E-state index contributed by atoms with van der Waals surface area (Å²) in [5, 5.41) is 0. The molecule has 92 valence electrons. The standard InChI is InChI=1S/C16H28/c1-5-9-13-15(11-7-3)16(12-8-4)14-10-6-2/h5,7,9,11,13,16H,6,8,10,12,14H2,1-4H3/b9-5+,11-7-,15-13+. The summed E-state index contributed by atoms with van der Waals surface area (Å²) in [4.78, 5) is 0. The molecule has 1 atom stereocenters. The molecular formula is C16H28. The van der Waals surface area contributed by atoms with Crippen LogP contribution >= 0.6 is 0 Å². The lowest BCUT2D eigenvalue weighted by Gasteiger charge is -2.17. The fourth-order valence-corrected chi connectivity index (χ4v) is 2.00. The van der Waals surface area contributed by atoms with Crippen LogP contribution in [0.15, 0.2) is 36.0 Å². The molecule has 0 aromatic heterocycles. The minimum Gasteiger partial charge on any atom is -0.0877 e. The molecule has 0 saturated heterocycles. The Labute approximate surface area is 102 Å². The molecule has 0 N–H and O–H groups in total. The van der Waals surface area contributed by atoms with Crippen LogP contribution in [0.3, 0.4) is 0 Å². The van der Waals surface area contributed by atoms with E-state index in [-0.39, 0.29) is 0 Å². The fraction of sp³-hybridized carbons (Fsp3) is 0.625. The van der Waals surface area contributed by atoms with Crippen molar-refractivity contribution in [1.82, 2.24) is 0 Å². The molecule has 0 amide bonds. The number of allylic oxidation sites excluding steroid dienone is 6. The highest BCUT2D eigenvalue weighted by molar-refractivity contribution is 5.26. The van der Waals surface area contributed by atoms with Crippen molar-refractivity contribution >= 4 is 0 Å². The van der Waals surface area contributed by atoms with E-state index in [1.54, 1.807) is 0 Å². The molecule has 0 nitrogen and oxygen atoms in total. The van der Waals surface area contributed by atoms with E-state index < -0.39 is 0 Å². The lowest BCUT2D eigenvalue weighted by atomic mass is 9.88. The Bertz CT molecular complexity index is 230. The number of hydrogen-bond donors (Lipinski definition) is 0. The van der Waals surface area contributed by atoms with Crippen molar-refractivity contribution < 1.29 is 0 Å². The van der Waals surface area contributed by atoms with Crippen LogP contribution in [0.25, 0.3) is 0 Å². The first kappa shape index (κ1) is 15.2. The van der Waals surface area contributed by atoms with Gasteiger partial charge in [-0.1, -0.05) is 63.5 Å². The van der Waals surface area contributed by atoms with Crippen LogP contribution in [0.2, 0.25) is 0 Å². The molecule has 0 aromatic carbocycles. The summed E-state index contributed by atoms with van der Waals surface area (Å²) in [6.45, 7) is 8.73. The first-order chi connectivity index (χ1) is 7.79. The van der Waals surface area contributed by atoms with E-state index in [9.17, 15) is 0 Å². The SMILES string of the molecule is C\C=C/C(=C\C=C\C)C(CCC)CCCC. The predicted molar refractivity (Wildman–Crippen MR) is 75.6 cm³/mol. The maximum Gasteiger partial charge on any atom is -0.0162 e. The van der Waals surface area contributed by atoms with Crippen LogP contribution in [0.4, 0.5) is 0 Å². The molecule has 0 rings (SSSR count). The molecule has 0 aromatic rings. The highest BCUT2D eigenvalue weighted by atomic mass is 14.1. The van der Waals surface area contributed by atoms with Crippen molar-refractivity contribution in [1.29, 1.82) is 0 Å². The van der Waals surface area contributed by atoms with Gasteiger partial charge >= 0.3 is 0 Å². The van der Waals surface area contributed by atoms with E-state index in [0.29, 0.717) is 0 Å². The lowest BCUT2D eigenvalue weighted by molar-refractivity contribution is 0.496. The third kappa shape index (κ3) is 6.66. The van der Waals surface area contributed by atoms with Crippen molar-refractivity contribution in [3.05, 3.63) is 36.0 Å². The zero-order chi connectivity index (χ0) is 12.2. The molecule has 0 spiro atoms. The van der Waals surface area contributed by atoms with E-state index in [2.05, 4.69) is 58.1 Å². The van der Waals surface area contributed by atoms with Gasteiger partial charge in [0.15, 0.2) is 0 Å². The van der Waals surface area contributed by atoms with Gasteiger partial charge in [0.25, 0.3) is 0 Å². The molecule has 0 aliphatic rings. The molecule has 0 heteroatoms. The van der Waals surface area contributed by atoms with Crippen molar-refractivity contribution in [3.8, 4) is 0 Å². The van der Waals surface area contributed by atoms with Crippen LogP contribution in [0, 0.1) is 5.92 Å². The van der Waals surface area contributed by atoms with Gasteiger partial charge in [0.05, 0.1) is 0 Å². The third-order valence-electron chi connectivity index (χ3n) is 2.85. The topological polar surface area (TPSA) is 0 Å². The van der Waals surface area contributed by atoms with E-state index in [4.69, 9.17) is 0 Å². The van der Waals surface area contributed by atoms with Crippen LogP contribution < -0.4 is 0 Å². The normalized spacial score (nSPS) is 15.1. The van der Waals surface area contributed by atoms with E-state index in [1.807, 2.05) is 0 Å². The van der Waals surface area contributed by atoms with Gasteiger partial charge in [-0.2, -0.15) is 0 Å². The highest BCUT2D eigenvalue weighted by Gasteiger charge is 2.09. The Balaban J connectivity index is 4.64. The maximum absolute atomic E-state index is 2.28. The first-order valence-corrected chi connectivity index (χ1v) is 6.75. The van der Waals surface area contributed by atoms with Gasteiger partial charge in [0, 0.05) is 0 Å². The highest BCUT2D eigenvalue weighted by Crippen LogP contribution is 2.24. The molecule has 0 fully saturated rings. The fourth-order valence-electron chi connectivity index (χ4n) is 2.00. The van der Waals surface area contributed by atoms with Crippen LogP contribution in [-0.2, 0) is 0 Å². The van der Waals surface area contributed by atoms with Gasteiger partial charge in [-0.15, -0.1) is 0 Å². The summed E-state index contributed by atoms with van der Waals surface area (Å²) in [5.41, 5.74) is 1.50. The second-order valence-corrected chi connectivity index (χ2v) is 4.32. The van der Waals surface area contributed by atoms with Crippen molar-refractivity contribution in [2.75, 3.05) is 0 Å². The number of unbranched alkanes of at least 4 members (excludes halogenated alkanes) is 1. The van der Waals surface area contributed by atoms with E-state index >= 15 is 0 Å². The lowest BCUT2D eigenvalue weighted by Crippen LogP contribution is -2.02. The summed E-state index contributed by atoms with van der Waals surface area (Å²) in [6.07, 6.45) is 17.5. The van der Waals surface area contributed by atoms with Gasteiger partial charge in [-0.05, 0) is 38.2 Å². The predicted octanol–water partition coefficient (Wildman–Crippen LogP) is 5.67. The molecule has 0 aliphatic carbocycles. The minimum absolute atomic E-state index is 0.748. The average molecular weight is 220 g/mol. The second kappa shape index (κ2) is 10.7. The second-order valence-electron chi connectivity index (χ2n) is 4.32. The summed E-state index contributed by atoms with van der Waals surface area (Å²) < 4.78 is 0. The van der Waals surface area contributed by atoms with Crippen LogP contribution in [-0.4, -0.2) is 0 Å². The Morgan fingerprint density at radius 3 is 2.25 bits per heavy atom. The quantitative estimate of drug-likeness (QED) is 0.462. The zero-order valence-corrected chi connectivity index (χ0v) is 11.5. The Hall–Kier alpha value is -0.780. The average Bonchev–Trinajstić information content (AvgIpc) is 2.30. The summed E-state index contributed by atoms with van der Waals surface area (Å²) in [6, 6.07) is 0. The van der Waals surface area contributed by atoms with Crippen molar-refractivity contribution in [2.24, 2.45) is 5.92 Å².